The Morgan fingerprint density at radius 3 is 1.68 bits per heavy atom. The van der Waals surface area contributed by atoms with E-state index in [4.69, 9.17) is 25.8 Å². The molecule has 1 rings (SSSR count). The van der Waals surface area contributed by atoms with Gasteiger partial charge in [-0.1, -0.05) is 11.6 Å². The first-order valence-corrected chi connectivity index (χ1v) is 11.7. The van der Waals surface area contributed by atoms with E-state index in [1.54, 1.807) is 62.3 Å². The fraction of sp³-hybridized carbons (Fsp3) is 0.625. The largest absolute Gasteiger partial charge is 0.465 e. The van der Waals surface area contributed by atoms with Gasteiger partial charge in [0.05, 0.1) is 13.7 Å². The molecule has 11 nitrogen and oxygen atoms in total. The van der Waals surface area contributed by atoms with E-state index in [0.717, 1.165) is 18.1 Å². The quantitative estimate of drug-likeness (QED) is 0.264. The van der Waals surface area contributed by atoms with E-state index in [1.165, 1.54) is 0 Å². The van der Waals surface area contributed by atoms with E-state index in [0.29, 0.717) is 4.90 Å². The zero-order chi connectivity index (χ0) is 28.9. The molecule has 0 aliphatic rings. The molecule has 0 spiro atoms. The minimum absolute atomic E-state index is 0.362. The van der Waals surface area contributed by atoms with Crippen molar-refractivity contribution in [2.45, 2.75) is 79.1 Å². The number of hydrogen-bond donors (Lipinski definition) is 0. The highest BCUT2D eigenvalue weighted by atomic mass is 35.5. The lowest BCUT2D eigenvalue weighted by Gasteiger charge is -2.31. The number of rotatable bonds is 5. The SMILES string of the molecule is COC(=O)c1cc(F)c(N(CCN(C(=O)OC(C)(C)C)C(=O)OC(C)(C)C)C(=O)OC(C)(C)C)nc1Cl. The summed E-state index contributed by atoms with van der Waals surface area (Å²) < 4.78 is 35.6. The second-order valence-corrected chi connectivity index (χ2v) is 11.2. The van der Waals surface area contributed by atoms with Gasteiger partial charge in [-0.15, -0.1) is 0 Å². The number of hydrogen-bond acceptors (Lipinski definition) is 9. The van der Waals surface area contributed by atoms with Crippen molar-refractivity contribution in [2.24, 2.45) is 0 Å². The van der Waals surface area contributed by atoms with Crippen LogP contribution in [0.5, 0.6) is 0 Å². The van der Waals surface area contributed by atoms with Gasteiger partial charge in [0.15, 0.2) is 11.6 Å². The summed E-state index contributed by atoms with van der Waals surface area (Å²) in [5, 5.41) is -0.437. The Morgan fingerprint density at radius 2 is 1.27 bits per heavy atom. The van der Waals surface area contributed by atoms with Crippen molar-refractivity contribution in [1.29, 1.82) is 0 Å². The predicted molar refractivity (Wildman–Crippen MR) is 133 cm³/mol. The van der Waals surface area contributed by atoms with Crippen LogP contribution in [0.25, 0.3) is 0 Å². The Kier molecular flexibility index (Phi) is 10.3. The van der Waals surface area contributed by atoms with Gasteiger partial charge in [0, 0.05) is 6.54 Å². The molecule has 0 saturated heterocycles. The van der Waals surface area contributed by atoms with Crippen molar-refractivity contribution in [1.82, 2.24) is 9.88 Å². The molecular formula is C24H35ClFN3O8. The maximum Gasteiger partial charge on any atom is 0.419 e. The molecule has 0 saturated carbocycles. The molecular weight excluding hydrogens is 513 g/mol. The molecule has 1 heterocycles. The van der Waals surface area contributed by atoms with Crippen LogP contribution in [0.1, 0.15) is 72.7 Å². The van der Waals surface area contributed by atoms with Crippen molar-refractivity contribution in [2.75, 3.05) is 25.1 Å². The van der Waals surface area contributed by atoms with Gasteiger partial charge in [0.1, 0.15) is 27.5 Å². The van der Waals surface area contributed by atoms with Crippen LogP contribution in [0, 0.1) is 5.82 Å². The second kappa shape index (κ2) is 11.9. The fourth-order valence-electron chi connectivity index (χ4n) is 2.59. The molecule has 37 heavy (non-hydrogen) atoms. The molecule has 0 aromatic carbocycles. The zero-order valence-electron chi connectivity index (χ0n) is 22.9. The Hall–Kier alpha value is -3.15. The standard InChI is InChI=1S/C24H35ClFN3O8/c1-22(2,3)35-19(31)28(17-15(26)13-14(16(25)27-17)18(30)34-10)11-12-29(20(32)36-23(4,5)6)21(33)37-24(7,8)9/h13H,11-12H2,1-10H3. The first-order valence-electron chi connectivity index (χ1n) is 11.3. The summed E-state index contributed by atoms with van der Waals surface area (Å²) in [5.41, 5.74) is -3.25. The van der Waals surface area contributed by atoms with Crippen LogP contribution in [0.2, 0.25) is 5.15 Å². The minimum atomic E-state index is -1.10. The lowest BCUT2D eigenvalue weighted by atomic mass is 10.2. The van der Waals surface area contributed by atoms with Gasteiger partial charge in [-0.25, -0.2) is 33.5 Å². The number of aromatic nitrogens is 1. The van der Waals surface area contributed by atoms with Crippen molar-refractivity contribution >= 4 is 41.7 Å². The summed E-state index contributed by atoms with van der Waals surface area (Å²) in [7, 11) is 1.08. The van der Waals surface area contributed by atoms with Gasteiger partial charge in [-0.05, 0) is 68.4 Å². The lowest BCUT2D eigenvalue weighted by molar-refractivity contribution is 0.00150. The highest BCUT2D eigenvalue weighted by molar-refractivity contribution is 6.32. The van der Waals surface area contributed by atoms with Gasteiger partial charge < -0.3 is 18.9 Å². The average Bonchev–Trinajstić information content (AvgIpc) is 2.68. The fourth-order valence-corrected chi connectivity index (χ4v) is 2.80. The Morgan fingerprint density at radius 1 is 0.838 bits per heavy atom. The van der Waals surface area contributed by atoms with Crippen molar-refractivity contribution in [3.05, 3.63) is 22.6 Å². The minimum Gasteiger partial charge on any atom is -0.465 e. The molecule has 13 heteroatoms. The molecule has 1 aromatic heterocycles. The van der Waals surface area contributed by atoms with Crippen LogP contribution in [0.3, 0.4) is 0 Å². The first-order chi connectivity index (χ1) is 16.6. The van der Waals surface area contributed by atoms with Gasteiger partial charge >= 0.3 is 24.2 Å². The summed E-state index contributed by atoms with van der Waals surface area (Å²) in [5.74, 6) is -2.63. The van der Waals surface area contributed by atoms with Crippen molar-refractivity contribution in [3.63, 3.8) is 0 Å². The number of ether oxygens (including phenoxy) is 4. The van der Waals surface area contributed by atoms with Crippen molar-refractivity contribution in [3.8, 4) is 0 Å². The third kappa shape index (κ3) is 10.4. The number of imide groups is 1. The third-order valence-corrected chi connectivity index (χ3v) is 4.25. The maximum absolute atomic E-state index is 15.1. The Balaban J connectivity index is 3.47. The normalized spacial score (nSPS) is 11.9. The second-order valence-electron chi connectivity index (χ2n) is 10.9. The van der Waals surface area contributed by atoms with Crippen LogP contribution >= 0.6 is 11.6 Å². The summed E-state index contributed by atoms with van der Waals surface area (Å²) in [6.45, 7) is 13.4. The zero-order valence-corrected chi connectivity index (χ0v) is 23.6. The van der Waals surface area contributed by atoms with Gasteiger partial charge in [-0.2, -0.15) is 0 Å². The average molecular weight is 548 g/mol. The third-order valence-electron chi connectivity index (χ3n) is 3.96. The van der Waals surface area contributed by atoms with Gasteiger partial charge in [0.2, 0.25) is 0 Å². The van der Waals surface area contributed by atoms with E-state index in [1.807, 2.05) is 0 Å². The summed E-state index contributed by atoms with van der Waals surface area (Å²) in [4.78, 5) is 55.7. The van der Waals surface area contributed by atoms with Crippen LogP contribution < -0.4 is 4.90 Å². The number of nitrogens with zero attached hydrogens (tertiary/aromatic N) is 3. The van der Waals surface area contributed by atoms with Gasteiger partial charge in [-0.3, -0.25) is 4.90 Å². The number of carbonyl (C=O) groups excluding carboxylic acids is 4. The monoisotopic (exact) mass is 547 g/mol. The molecule has 208 valence electrons. The van der Waals surface area contributed by atoms with E-state index in [-0.39, 0.29) is 5.56 Å². The van der Waals surface area contributed by atoms with Crippen LogP contribution in [0.4, 0.5) is 24.6 Å². The van der Waals surface area contributed by atoms with E-state index >= 15 is 4.39 Å². The number of amides is 3. The Labute approximate surface area is 221 Å². The smallest absolute Gasteiger partial charge is 0.419 e. The molecule has 1 aromatic rings. The van der Waals surface area contributed by atoms with Gasteiger partial charge in [0.25, 0.3) is 0 Å². The topological polar surface area (TPSA) is 125 Å². The molecule has 0 radical (unpaired) electrons. The highest BCUT2D eigenvalue weighted by Gasteiger charge is 2.34. The number of pyridine rings is 1. The van der Waals surface area contributed by atoms with E-state index in [9.17, 15) is 19.2 Å². The van der Waals surface area contributed by atoms with E-state index < -0.39 is 70.9 Å². The maximum atomic E-state index is 15.1. The number of methoxy groups -OCH3 is 1. The molecule has 0 atom stereocenters. The molecule has 0 aliphatic heterocycles. The van der Waals surface area contributed by atoms with Crippen molar-refractivity contribution < 1.29 is 42.5 Å². The van der Waals surface area contributed by atoms with Crippen LogP contribution in [0.15, 0.2) is 6.07 Å². The molecule has 0 unspecified atom stereocenters. The molecule has 0 fully saturated rings. The predicted octanol–water partition coefficient (Wildman–Crippen LogP) is 5.57. The molecule has 0 bridgehead atoms. The summed E-state index contributed by atoms with van der Waals surface area (Å²) in [6, 6.07) is 0.757. The number of carbonyl (C=O) groups is 4. The first kappa shape index (κ1) is 31.9. The Bertz CT molecular complexity index is 1000. The molecule has 3 amide bonds. The van der Waals surface area contributed by atoms with Crippen LogP contribution in [-0.4, -0.2) is 71.1 Å². The van der Waals surface area contributed by atoms with E-state index in [2.05, 4.69) is 9.72 Å². The number of halogens is 2. The summed E-state index contributed by atoms with van der Waals surface area (Å²) in [6.07, 6.45) is -3.13. The number of esters is 1. The van der Waals surface area contributed by atoms with Crippen LogP contribution in [-0.2, 0) is 18.9 Å². The molecule has 0 N–H and O–H groups in total. The lowest BCUT2D eigenvalue weighted by Crippen LogP contribution is -2.48. The summed E-state index contributed by atoms with van der Waals surface area (Å²) >= 11 is 6.05. The number of anilines is 1. The highest BCUT2D eigenvalue weighted by Crippen LogP contribution is 2.26. The molecule has 0 aliphatic carbocycles.